The second-order valence-corrected chi connectivity index (χ2v) is 4.24. The molecule has 0 aliphatic heterocycles. The topological polar surface area (TPSA) is 102 Å². The molecule has 0 fully saturated rings. The van der Waals surface area contributed by atoms with E-state index in [0.29, 0.717) is 4.47 Å². The van der Waals surface area contributed by atoms with Crippen LogP contribution in [-0.2, 0) is 0 Å². The van der Waals surface area contributed by atoms with Crippen LogP contribution in [0, 0.1) is 21.4 Å². The Balaban J connectivity index is 2.39. The molecule has 8 heteroatoms. The zero-order chi connectivity index (χ0) is 13.8. The average Bonchev–Trinajstić information content (AvgIpc) is 2.38. The second kappa shape index (κ2) is 5.41. The zero-order valence-electron chi connectivity index (χ0n) is 9.28. The lowest BCUT2D eigenvalue weighted by molar-refractivity contribution is -0.385. The maximum absolute atomic E-state index is 10.7. The number of nitrogens with zero attached hydrogens (tertiary/aromatic N) is 4. The number of nitriles is 1. The molecule has 0 N–H and O–H groups in total. The predicted octanol–water partition coefficient (Wildman–Crippen LogP) is 2.81. The molecule has 0 saturated carbocycles. The molecule has 0 atom stereocenters. The highest BCUT2D eigenvalue weighted by molar-refractivity contribution is 9.10. The van der Waals surface area contributed by atoms with E-state index < -0.39 is 4.92 Å². The van der Waals surface area contributed by atoms with Gasteiger partial charge in [0, 0.05) is 22.9 Å². The van der Waals surface area contributed by atoms with Gasteiger partial charge in [0.25, 0.3) is 11.6 Å². The number of nitro groups is 1. The van der Waals surface area contributed by atoms with Crippen molar-refractivity contribution < 1.29 is 9.66 Å². The molecule has 1 heterocycles. The van der Waals surface area contributed by atoms with Crippen LogP contribution in [0.1, 0.15) is 5.69 Å². The van der Waals surface area contributed by atoms with Crippen molar-refractivity contribution in [3.63, 3.8) is 0 Å². The lowest BCUT2D eigenvalue weighted by Gasteiger charge is -2.05. The molecule has 0 saturated heterocycles. The van der Waals surface area contributed by atoms with Crippen LogP contribution < -0.4 is 4.74 Å². The number of hydrogen-bond acceptors (Lipinski definition) is 6. The van der Waals surface area contributed by atoms with Gasteiger partial charge in [-0.1, -0.05) is 15.9 Å². The molecule has 2 rings (SSSR count). The van der Waals surface area contributed by atoms with Gasteiger partial charge in [0.2, 0.25) is 5.69 Å². The lowest BCUT2D eigenvalue weighted by atomic mass is 10.3. The van der Waals surface area contributed by atoms with Crippen LogP contribution in [0.15, 0.2) is 35.1 Å². The molecule has 0 unspecified atom stereocenters. The summed E-state index contributed by atoms with van der Waals surface area (Å²) in [5.41, 5.74) is -0.128. The van der Waals surface area contributed by atoms with Gasteiger partial charge >= 0.3 is 0 Å². The van der Waals surface area contributed by atoms with Crippen LogP contribution in [0.2, 0.25) is 0 Å². The molecule has 0 spiro atoms. The summed E-state index contributed by atoms with van der Waals surface area (Å²) in [6, 6.07) is 5.93. The average molecular weight is 321 g/mol. The summed E-state index contributed by atoms with van der Waals surface area (Å²) >= 11 is 3.14. The Morgan fingerprint density at radius 2 is 2.05 bits per heavy atom. The van der Waals surface area contributed by atoms with E-state index in [-0.39, 0.29) is 23.0 Å². The molecule has 94 valence electrons. The van der Waals surface area contributed by atoms with E-state index >= 15 is 0 Å². The molecule has 19 heavy (non-hydrogen) atoms. The van der Waals surface area contributed by atoms with E-state index in [0.717, 1.165) is 0 Å². The molecule has 1 aromatic heterocycles. The fraction of sp³-hybridized carbons (Fsp3) is 0. The third-order valence-corrected chi connectivity index (χ3v) is 2.51. The summed E-state index contributed by atoms with van der Waals surface area (Å²) < 4.78 is 5.83. The van der Waals surface area contributed by atoms with E-state index in [2.05, 4.69) is 25.9 Å². The van der Waals surface area contributed by atoms with E-state index in [1.54, 1.807) is 0 Å². The molecule has 2 aromatic rings. The van der Waals surface area contributed by atoms with E-state index in [1.165, 1.54) is 30.6 Å². The number of hydrogen-bond donors (Lipinski definition) is 0. The lowest BCUT2D eigenvalue weighted by Crippen LogP contribution is -1.95. The Morgan fingerprint density at radius 1 is 1.32 bits per heavy atom. The molecule has 0 aliphatic rings. The number of aromatic nitrogens is 2. The molecular formula is C11H5BrN4O3. The first-order valence-electron chi connectivity index (χ1n) is 4.94. The first kappa shape index (κ1) is 12.9. The van der Waals surface area contributed by atoms with Crippen molar-refractivity contribution in [1.29, 1.82) is 5.26 Å². The van der Waals surface area contributed by atoms with Crippen LogP contribution in [0.4, 0.5) is 5.69 Å². The number of ether oxygens (including phenoxy) is 1. The summed E-state index contributed by atoms with van der Waals surface area (Å²) in [7, 11) is 0. The third kappa shape index (κ3) is 3.02. The van der Waals surface area contributed by atoms with Gasteiger partial charge in [0.1, 0.15) is 11.8 Å². The van der Waals surface area contributed by atoms with Crippen molar-refractivity contribution in [2.45, 2.75) is 0 Å². The normalized spacial score (nSPS) is 9.68. The highest BCUT2D eigenvalue weighted by atomic mass is 79.9. The van der Waals surface area contributed by atoms with Crippen molar-refractivity contribution in [1.82, 2.24) is 9.97 Å². The highest BCUT2D eigenvalue weighted by Gasteiger charge is 2.12. The van der Waals surface area contributed by atoms with Gasteiger partial charge in [-0.05, 0) is 6.07 Å². The number of rotatable bonds is 3. The monoisotopic (exact) mass is 320 g/mol. The second-order valence-electron chi connectivity index (χ2n) is 3.33. The van der Waals surface area contributed by atoms with Crippen LogP contribution >= 0.6 is 15.9 Å². The molecule has 0 radical (unpaired) electrons. The number of benzene rings is 1. The van der Waals surface area contributed by atoms with Crippen molar-refractivity contribution in [3.05, 3.63) is 50.9 Å². The van der Waals surface area contributed by atoms with Crippen LogP contribution in [0.25, 0.3) is 0 Å². The minimum atomic E-state index is -0.542. The molecule has 0 amide bonds. The Morgan fingerprint density at radius 3 is 2.74 bits per heavy atom. The van der Waals surface area contributed by atoms with E-state index in [4.69, 9.17) is 10.00 Å². The maximum Gasteiger partial charge on any atom is 0.274 e. The molecular weight excluding hydrogens is 316 g/mol. The SMILES string of the molecule is N#Cc1nccnc1Oc1cc(Br)cc([N+](=O)[O-])c1. The molecule has 0 aliphatic carbocycles. The Kier molecular flexibility index (Phi) is 3.68. The van der Waals surface area contributed by atoms with Gasteiger partial charge in [-0.2, -0.15) is 5.26 Å². The number of halogens is 1. The van der Waals surface area contributed by atoms with Crippen molar-refractivity contribution >= 4 is 21.6 Å². The Bertz CT molecular complexity index is 684. The first-order valence-corrected chi connectivity index (χ1v) is 5.73. The quantitative estimate of drug-likeness (QED) is 0.636. The summed E-state index contributed by atoms with van der Waals surface area (Å²) in [4.78, 5) is 17.8. The van der Waals surface area contributed by atoms with E-state index in [9.17, 15) is 10.1 Å². The fourth-order valence-electron chi connectivity index (χ4n) is 1.30. The highest BCUT2D eigenvalue weighted by Crippen LogP contribution is 2.29. The molecule has 7 nitrogen and oxygen atoms in total. The summed E-state index contributed by atoms with van der Waals surface area (Å²) in [6.45, 7) is 0. The summed E-state index contributed by atoms with van der Waals surface area (Å²) in [5.74, 6) is 0.190. The zero-order valence-corrected chi connectivity index (χ0v) is 10.9. The fourth-order valence-corrected chi connectivity index (χ4v) is 1.76. The van der Waals surface area contributed by atoms with Crippen LogP contribution in [-0.4, -0.2) is 14.9 Å². The van der Waals surface area contributed by atoms with Gasteiger partial charge < -0.3 is 4.74 Å². The van der Waals surface area contributed by atoms with Crippen molar-refractivity contribution in [3.8, 4) is 17.7 Å². The van der Waals surface area contributed by atoms with E-state index in [1.807, 2.05) is 6.07 Å². The molecule has 1 aromatic carbocycles. The smallest absolute Gasteiger partial charge is 0.274 e. The summed E-state index contributed by atoms with van der Waals surface area (Å²) in [5, 5.41) is 19.6. The van der Waals surface area contributed by atoms with Crippen molar-refractivity contribution in [2.75, 3.05) is 0 Å². The van der Waals surface area contributed by atoms with Crippen LogP contribution in [0.3, 0.4) is 0 Å². The van der Waals surface area contributed by atoms with Gasteiger partial charge in [0.15, 0.2) is 0 Å². The van der Waals surface area contributed by atoms with Crippen molar-refractivity contribution in [2.24, 2.45) is 0 Å². The third-order valence-electron chi connectivity index (χ3n) is 2.05. The summed E-state index contributed by atoms with van der Waals surface area (Å²) in [6.07, 6.45) is 2.72. The standard InChI is InChI=1S/C11H5BrN4O3/c12-7-3-8(16(17)18)5-9(4-7)19-11-10(6-13)14-1-2-15-11/h1-5H. The van der Waals surface area contributed by atoms with Gasteiger partial charge in [-0.25, -0.2) is 9.97 Å². The number of non-ortho nitro benzene ring substituents is 1. The Hall–Kier alpha value is -2.53. The maximum atomic E-state index is 10.7. The molecule has 0 bridgehead atoms. The minimum absolute atomic E-state index is 0.00241. The van der Waals surface area contributed by atoms with Crippen LogP contribution in [0.5, 0.6) is 11.6 Å². The first-order chi connectivity index (χ1) is 9.10. The Labute approximate surface area is 115 Å². The largest absolute Gasteiger partial charge is 0.436 e. The minimum Gasteiger partial charge on any atom is -0.436 e. The van der Waals surface area contributed by atoms with Gasteiger partial charge in [-0.15, -0.1) is 0 Å². The number of nitro benzene ring substituents is 1. The van der Waals surface area contributed by atoms with Gasteiger partial charge in [0.05, 0.1) is 11.0 Å². The van der Waals surface area contributed by atoms with Gasteiger partial charge in [-0.3, -0.25) is 10.1 Å². The predicted molar refractivity (Wildman–Crippen MR) is 67.6 cm³/mol.